The minimum atomic E-state index is -1.21. The number of ketones is 1. The molecule has 4 bridgehead atoms. The lowest BCUT2D eigenvalue weighted by molar-refractivity contribution is -0.151. The van der Waals surface area contributed by atoms with Crippen molar-refractivity contribution in [1.82, 2.24) is 0 Å². The monoisotopic (exact) mass is 336 g/mol. The number of hydrogen-bond donors (Lipinski definition) is 0. The Balaban J connectivity index is 2.00. The Labute approximate surface area is 137 Å². The molecule has 1 saturated carbocycles. The topological polar surface area (TPSA) is 26.3 Å². The van der Waals surface area contributed by atoms with Gasteiger partial charge < -0.3 is 4.74 Å². The molecule has 4 heteroatoms. The molecule has 0 aromatic heterocycles. The van der Waals surface area contributed by atoms with E-state index in [0.29, 0.717) is 17.6 Å². The highest BCUT2D eigenvalue weighted by molar-refractivity contribution is 6.76. The highest BCUT2D eigenvalue weighted by Gasteiger charge is 2.65. The Bertz CT molecular complexity index is 514. The molecule has 0 spiro atoms. The number of Topliss-reactive ketones (excluding diaryl/α,β-unsaturated/α-hetero) is 1. The largest absolute Gasteiger partial charge is 0.362 e. The molecule has 3 rings (SSSR count). The summed E-state index contributed by atoms with van der Waals surface area (Å²) < 4.78 is 6.33. The molecule has 2 fully saturated rings. The molecule has 0 radical (unpaired) electrons. The molecule has 0 N–H and O–H groups in total. The number of rotatable bonds is 4. The number of hydrogen-bond acceptors (Lipinski definition) is 2. The predicted octanol–water partition coefficient (Wildman–Crippen LogP) is 4.44. The van der Waals surface area contributed by atoms with Crippen LogP contribution in [0.4, 0.5) is 0 Å². The number of fused-ring (bicyclic) bond motifs is 6. The number of ether oxygens (including phenoxy) is 1. The van der Waals surface area contributed by atoms with Gasteiger partial charge in [0.25, 0.3) is 0 Å². The lowest BCUT2D eigenvalue weighted by atomic mass is 9.79. The number of carbonyl (C=O) groups excluding carboxylic acids is 1. The first-order valence-electron chi connectivity index (χ1n) is 8.82. The minimum absolute atomic E-state index is 0.0572. The van der Waals surface area contributed by atoms with Crippen molar-refractivity contribution < 1.29 is 9.53 Å². The predicted molar refractivity (Wildman–Crippen MR) is 97.7 cm³/mol. The van der Waals surface area contributed by atoms with Crippen molar-refractivity contribution in [3.8, 4) is 0 Å². The van der Waals surface area contributed by atoms with Gasteiger partial charge in [-0.1, -0.05) is 63.5 Å². The average molecular weight is 337 g/mol. The highest BCUT2D eigenvalue weighted by Crippen LogP contribution is 2.59. The summed E-state index contributed by atoms with van der Waals surface area (Å²) in [6.07, 6.45) is 4.44. The molecule has 22 heavy (non-hydrogen) atoms. The standard InChI is InChI=1S/C18H32O2Si2/c1-18-9-8-14(20-18)15-12(10-21(2,3)4)13(11-22(5,6)7)16(18)17(15)19/h8-9,12-16H,10-11H2,1-7H3/t12-,13+,14-,15-,16-,18+/m1/s1. The molecule has 0 aromatic rings. The van der Waals surface area contributed by atoms with Crippen LogP contribution in [0.15, 0.2) is 12.2 Å². The Morgan fingerprint density at radius 1 is 1.05 bits per heavy atom. The zero-order valence-electron chi connectivity index (χ0n) is 15.3. The summed E-state index contributed by atoms with van der Waals surface area (Å²) in [6.45, 7) is 16.8. The van der Waals surface area contributed by atoms with E-state index in [-0.39, 0.29) is 23.5 Å². The second-order valence-corrected chi connectivity index (χ2v) is 21.4. The molecule has 1 saturated heterocycles. The van der Waals surface area contributed by atoms with Gasteiger partial charge in [0, 0.05) is 16.1 Å². The van der Waals surface area contributed by atoms with E-state index in [2.05, 4.69) is 58.4 Å². The fourth-order valence-corrected chi connectivity index (χ4v) is 9.17. The van der Waals surface area contributed by atoms with Crippen molar-refractivity contribution in [3.63, 3.8) is 0 Å². The Morgan fingerprint density at radius 3 is 2.14 bits per heavy atom. The van der Waals surface area contributed by atoms with Gasteiger partial charge in [0.2, 0.25) is 0 Å². The van der Waals surface area contributed by atoms with Crippen LogP contribution in [0.1, 0.15) is 6.92 Å². The van der Waals surface area contributed by atoms with Crippen molar-refractivity contribution in [2.45, 2.75) is 70.0 Å². The fraction of sp³-hybridized carbons (Fsp3) is 0.833. The lowest BCUT2D eigenvalue weighted by Gasteiger charge is -2.38. The Kier molecular flexibility index (Phi) is 3.71. The first-order chi connectivity index (χ1) is 9.91. The second-order valence-electron chi connectivity index (χ2n) is 10.4. The van der Waals surface area contributed by atoms with E-state index in [1.165, 1.54) is 12.1 Å². The zero-order chi connectivity index (χ0) is 16.5. The van der Waals surface area contributed by atoms with E-state index in [1.807, 2.05) is 0 Å². The molecule has 0 unspecified atom stereocenters. The van der Waals surface area contributed by atoms with E-state index >= 15 is 0 Å². The van der Waals surface area contributed by atoms with E-state index in [1.54, 1.807) is 0 Å². The molecular formula is C18H32O2Si2. The molecular weight excluding hydrogens is 304 g/mol. The molecule has 3 aliphatic rings. The summed E-state index contributed by atoms with van der Waals surface area (Å²) in [7, 11) is -2.40. The zero-order valence-corrected chi connectivity index (χ0v) is 17.3. The minimum Gasteiger partial charge on any atom is -0.362 e. The van der Waals surface area contributed by atoms with Gasteiger partial charge in [0.1, 0.15) is 5.78 Å². The van der Waals surface area contributed by atoms with Crippen molar-refractivity contribution in [2.75, 3.05) is 0 Å². The van der Waals surface area contributed by atoms with E-state index in [0.717, 1.165) is 0 Å². The summed E-state index contributed by atoms with van der Waals surface area (Å²) in [4.78, 5) is 13.2. The van der Waals surface area contributed by atoms with Crippen LogP contribution in [-0.2, 0) is 9.53 Å². The Morgan fingerprint density at radius 2 is 1.59 bits per heavy atom. The maximum atomic E-state index is 13.2. The van der Waals surface area contributed by atoms with Crippen molar-refractivity contribution in [2.24, 2.45) is 23.7 Å². The van der Waals surface area contributed by atoms with Crippen LogP contribution in [0.3, 0.4) is 0 Å². The van der Waals surface area contributed by atoms with Crippen molar-refractivity contribution >= 4 is 21.9 Å². The first-order valence-corrected chi connectivity index (χ1v) is 16.2. The van der Waals surface area contributed by atoms with Crippen LogP contribution in [0.25, 0.3) is 0 Å². The van der Waals surface area contributed by atoms with Crippen molar-refractivity contribution in [1.29, 1.82) is 0 Å². The highest BCUT2D eigenvalue weighted by atomic mass is 28.3. The van der Waals surface area contributed by atoms with Crippen LogP contribution in [0, 0.1) is 23.7 Å². The maximum Gasteiger partial charge on any atom is 0.145 e. The summed E-state index contributed by atoms with van der Waals surface area (Å²) in [5.74, 6) is 1.89. The fourth-order valence-electron chi connectivity index (χ4n) is 5.25. The van der Waals surface area contributed by atoms with E-state index in [9.17, 15) is 4.79 Å². The number of carbonyl (C=O) groups is 1. The molecule has 2 aliphatic heterocycles. The van der Waals surface area contributed by atoms with Gasteiger partial charge in [-0.3, -0.25) is 4.79 Å². The van der Waals surface area contributed by atoms with Gasteiger partial charge in [-0.05, 0) is 18.8 Å². The third-order valence-corrected chi connectivity index (χ3v) is 9.14. The average Bonchev–Trinajstić information content (AvgIpc) is 2.70. The van der Waals surface area contributed by atoms with Gasteiger partial charge >= 0.3 is 0 Å². The lowest BCUT2D eigenvalue weighted by Crippen LogP contribution is -2.47. The maximum absolute atomic E-state index is 13.2. The smallest absolute Gasteiger partial charge is 0.145 e. The summed E-state index contributed by atoms with van der Waals surface area (Å²) in [5, 5.41) is 0. The van der Waals surface area contributed by atoms with Gasteiger partial charge in [-0.25, -0.2) is 0 Å². The van der Waals surface area contributed by atoms with Gasteiger partial charge in [-0.2, -0.15) is 0 Å². The van der Waals surface area contributed by atoms with Crippen LogP contribution >= 0.6 is 0 Å². The second kappa shape index (κ2) is 4.90. The summed E-state index contributed by atoms with van der Waals surface area (Å²) >= 11 is 0. The van der Waals surface area contributed by atoms with Crippen LogP contribution in [0.2, 0.25) is 51.4 Å². The van der Waals surface area contributed by atoms with Gasteiger partial charge in [0.15, 0.2) is 0 Å². The third-order valence-electron chi connectivity index (χ3n) is 5.75. The van der Waals surface area contributed by atoms with Crippen molar-refractivity contribution in [3.05, 3.63) is 12.2 Å². The molecule has 124 valence electrons. The molecule has 2 heterocycles. The van der Waals surface area contributed by atoms with Crippen LogP contribution in [-0.4, -0.2) is 33.6 Å². The SMILES string of the molecule is C[C@@]12C=C[C@@H](O1)[C@@H]1C(=O)[C@H]2[C@@H](C[Si](C)(C)C)[C@H]1C[Si](C)(C)C. The normalized spacial score (nSPS) is 44.0. The van der Waals surface area contributed by atoms with Gasteiger partial charge in [-0.15, -0.1) is 0 Å². The molecule has 0 aromatic carbocycles. The van der Waals surface area contributed by atoms with Gasteiger partial charge in [0.05, 0.1) is 23.5 Å². The molecule has 0 amide bonds. The molecule has 1 aliphatic carbocycles. The molecule has 6 atom stereocenters. The van der Waals surface area contributed by atoms with E-state index < -0.39 is 16.1 Å². The quantitative estimate of drug-likeness (QED) is 0.560. The van der Waals surface area contributed by atoms with Crippen LogP contribution in [0.5, 0.6) is 0 Å². The van der Waals surface area contributed by atoms with E-state index in [4.69, 9.17) is 4.74 Å². The summed E-state index contributed by atoms with van der Waals surface area (Å²) in [6, 6.07) is 2.55. The summed E-state index contributed by atoms with van der Waals surface area (Å²) in [5.41, 5.74) is -0.323. The third kappa shape index (κ3) is 2.71. The van der Waals surface area contributed by atoms with Crippen LogP contribution < -0.4 is 0 Å². The Hall–Kier alpha value is -0.196. The first kappa shape index (κ1) is 16.7. The molecule has 2 nitrogen and oxygen atoms in total.